The molecule has 2 aliphatic rings. The van der Waals surface area contributed by atoms with Gasteiger partial charge in [0.05, 0.1) is 16.9 Å². The molecule has 1 saturated carbocycles. The Balaban J connectivity index is 1.70. The van der Waals surface area contributed by atoms with Crippen molar-refractivity contribution in [3.05, 3.63) is 58.5 Å². The number of fused-ring (bicyclic) bond motifs is 1. The zero-order valence-corrected chi connectivity index (χ0v) is 16.2. The third-order valence-electron chi connectivity index (χ3n) is 6.13. The number of para-hydroxylation sites is 1. The van der Waals surface area contributed by atoms with Gasteiger partial charge in [0.15, 0.2) is 11.5 Å². The number of hydrogen-bond acceptors (Lipinski definition) is 6. The lowest BCUT2D eigenvalue weighted by molar-refractivity contribution is 0.454. The molecular weight excluding hydrogens is 364 g/mol. The van der Waals surface area contributed by atoms with Crippen molar-refractivity contribution in [3.8, 4) is 6.07 Å². The largest absolute Gasteiger partial charge is 0.344 e. The van der Waals surface area contributed by atoms with Crippen molar-refractivity contribution < 1.29 is 0 Å². The van der Waals surface area contributed by atoms with Gasteiger partial charge in [0.2, 0.25) is 0 Å². The first kappa shape index (κ1) is 17.8. The molecule has 2 fully saturated rings. The third kappa shape index (κ3) is 2.96. The van der Waals surface area contributed by atoms with Crippen LogP contribution in [-0.2, 0) is 0 Å². The van der Waals surface area contributed by atoms with E-state index in [0.717, 1.165) is 56.4 Å². The van der Waals surface area contributed by atoms with Gasteiger partial charge in [-0.3, -0.25) is 9.36 Å². The Bertz CT molecular complexity index is 1160. The minimum Gasteiger partial charge on any atom is -0.344 e. The van der Waals surface area contributed by atoms with E-state index < -0.39 is 0 Å². The first-order valence-corrected chi connectivity index (χ1v) is 10.3. The van der Waals surface area contributed by atoms with Gasteiger partial charge in [0.25, 0.3) is 5.56 Å². The fourth-order valence-corrected chi connectivity index (χ4v) is 4.82. The molecule has 1 aliphatic carbocycles. The van der Waals surface area contributed by atoms with E-state index in [9.17, 15) is 10.1 Å². The van der Waals surface area contributed by atoms with Crippen LogP contribution in [0.1, 0.15) is 62.1 Å². The Morgan fingerprint density at radius 2 is 1.83 bits per heavy atom. The molecule has 29 heavy (non-hydrogen) atoms. The summed E-state index contributed by atoms with van der Waals surface area (Å²) in [6.07, 6.45) is 9.28. The van der Waals surface area contributed by atoms with Crippen LogP contribution in [0.2, 0.25) is 0 Å². The summed E-state index contributed by atoms with van der Waals surface area (Å²) in [5, 5.41) is 10.2. The quantitative estimate of drug-likeness (QED) is 0.684. The van der Waals surface area contributed by atoms with E-state index >= 15 is 0 Å². The van der Waals surface area contributed by atoms with Gasteiger partial charge < -0.3 is 4.90 Å². The average molecular weight is 386 g/mol. The predicted molar refractivity (Wildman–Crippen MR) is 110 cm³/mol. The predicted octanol–water partition coefficient (Wildman–Crippen LogP) is 3.51. The second kappa shape index (κ2) is 7.28. The lowest BCUT2D eigenvalue weighted by Crippen LogP contribution is -2.34. The molecule has 7 nitrogen and oxygen atoms in total. The maximum absolute atomic E-state index is 13.5. The summed E-state index contributed by atoms with van der Waals surface area (Å²) in [6, 6.07) is 9.83. The molecule has 2 aromatic heterocycles. The van der Waals surface area contributed by atoms with Crippen LogP contribution < -0.4 is 10.5 Å². The van der Waals surface area contributed by atoms with Crippen LogP contribution >= 0.6 is 0 Å². The van der Waals surface area contributed by atoms with Gasteiger partial charge in [-0.05, 0) is 37.8 Å². The highest BCUT2D eigenvalue weighted by Gasteiger charge is 2.35. The van der Waals surface area contributed by atoms with Gasteiger partial charge >= 0.3 is 0 Å². The molecule has 0 amide bonds. The topological polar surface area (TPSA) is 87.7 Å². The van der Waals surface area contributed by atoms with Crippen molar-refractivity contribution in [2.45, 2.75) is 50.6 Å². The second-order valence-corrected chi connectivity index (χ2v) is 7.79. The highest BCUT2D eigenvalue weighted by Crippen LogP contribution is 2.38. The summed E-state index contributed by atoms with van der Waals surface area (Å²) < 4.78 is 1.95. The molecule has 1 saturated heterocycles. The monoisotopic (exact) mass is 386 g/mol. The standard InChI is InChI=1S/C22H22N6O/c23-14-18-20(25-12-11-24-18)27-13-5-10-19(27)21-26-17-9-4-3-8-16(17)22(29)28(21)15-6-1-2-7-15/h3-4,8-9,11-12,15,19H,1-2,5-7,10,13H2. The van der Waals surface area contributed by atoms with E-state index in [4.69, 9.17) is 4.98 Å². The van der Waals surface area contributed by atoms with E-state index in [-0.39, 0.29) is 17.6 Å². The van der Waals surface area contributed by atoms with Gasteiger partial charge in [-0.1, -0.05) is 25.0 Å². The van der Waals surface area contributed by atoms with Crippen molar-refractivity contribution in [1.29, 1.82) is 5.26 Å². The fourth-order valence-electron chi connectivity index (χ4n) is 4.82. The zero-order valence-electron chi connectivity index (χ0n) is 16.2. The first-order valence-electron chi connectivity index (χ1n) is 10.3. The Kier molecular flexibility index (Phi) is 4.47. The Labute approximate surface area is 168 Å². The van der Waals surface area contributed by atoms with Crippen molar-refractivity contribution in [2.24, 2.45) is 0 Å². The van der Waals surface area contributed by atoms with Crippen LogP contribution in [0.5, 0.6) is 0 Å². The lowest BCUT2D eigenvalue weighted by Gasteiger charge is -2.29. The Morgan fingerprint density at radius 1 is 1.03 bits per heavy atom. The average Bonchev–Trinajstić information content (AvgIpc) is 3.46. The molecule has 3 aromatic rings. The summed E-state index contributed by atoms with van der Waals surface area (Å²) in [5.41, 5.74) is 1.09. The number of anilines is 1. The minimum atomic E-state index is -0.0864. The smallest absolute Gasteiger partial charge is 0.261 e. The SMILES string of the molecule is N#Cc1nccnc1N1CCCC1c1nc2ccccc2c(=O)n1C1CCCC1. The van der Waals surface area contributed by atoms with E-state index in [2.05, 4.69) is 20.9 Å². The maximum atomic E-state index is 13.5. The molecule has 0 radical (unpaired) electrons. The van der Waals surface area contributed by atoms with Crippen LogP contribution in [0.25, 0.3) is 10.9 Å². The number of aromatic nitrogens is 4. The number of benzene rings is 1. The van der Waals surface area contributed by atoms with Gasteiger partial charge in [0, 0.05) is 25.0 Å². The molecular formula is C22H22N6O. The molecule has 0 bridgehead atoms. The number of nitrogens with zero attached hydrogens (tertiary/aromatic N) is 6. The third-order valence-corrected chi connectivity index (χ3v) is 6.13. The van der Waals surface area contributed by atoms with Crippen molar-refractivity contribution in [2.75, 3.05) is 11.4 Å². The summed E-state index contributed by atoms with van der Waals surface area (Å²) in [4.78, 5) is 29.2. The summed E-state index contributed by atoms with van der Waals surface area (Å²) in [6.45, 7) is 0.769. The molecule has 7 heteroatoms. The normalized spacial score (nSPS) is 19.7. The van der Waals surface area contributed by atoms with E-state index in [0.29, 0.717) is 16.9 Å². The first-order chi connectivity index (χ1) is 14.3. The Morgan fingerprint density at radius 3 is 2.66 bits per heavy atom. The van der Waals surface area contributed by atoms with E-state index in [1.165, 1.54) is 6.20 Å². The zero-order chi connectivity index (χ0) is 19.8. The molecule has 5 rings (SSSR count). The minimum absolute atomic E-state index is 0.0454. The van der Waals surface area contributed by atoms with E-state index in [1.54, 1.807) is 6.20 Å². The van der Waals surface area contributed by atoms with Gasteiger partial charge in [-0.25, -0.2) is 15.0 Å². The van der Waals surface area contributed by atoms with Gasteiger partial charge in [0.1, 0.15) is 11.9 Å². The molecule has 0 spiro atoms. The van der Waals surface area contributed by atoms with Crippen molar-refractivity contribution in [3.63, 3.8) is 0 Å². The van der Waals surface area contributed by atoms with Crippen molar-refractivity contribution >= 4 is 16.7 Å². The summed E-state index contributed by atoms with van der Waals surface area (Å²) in [7, 11) is 0. The molecule has 1 unspecified atom stereocenters. The molecule has 0 N–H and O–H groups in total. The maximum Gasteiger partial charge on any atom is 0.261 e. The van der Waals surface area contributed by atoms with Crippen LogP contribution in [0.4, 0.5) is 5.82 Å². The highest BCUT2D eigenvalue weighted by atomic mass is 16.1. The summed E-state index contributed by atoms with van der Waals surface area (Å²) in [5.74, 6) is 1.38. The van der Waals surface area contributed by atoms with Crippen molar-refractivity contribution in [1.82, 2.24) is 19.5 Å². The fraction of sp³-hybridized carbons (Fsp3) is 0.409. The molecule has 1 aliphatic heterocycles. The van der Waals surface area contributed by atoms with Crippen LogP contribution in [0.15, 0.2) is 41.5 Å². The number of hydrogen-bond donors (Lipinski definition) is 0. The van der Waals surface area contributed by atoms with Crippen LogP contribution in [0, 0.1) is 11.3 Å². The molecule has 3 heterocycles. The number of nitriles is 1. The molecule has 1 atom stereocenters. The highest BCUT2D eigenvalue weighted by molar-refractivity contribution is 5.77. The lowest BCUT2D eigenvalue weighted by atomic mass is 10.1. The van der Waals surface area contributed by atoms with Gasteiger partial charge in [-0.2, -0.15) is 5.26 Å². The second-order valence-electron chi connectivity index (χ2n) is 7.79. The van der Waals surface area contributed by atoms with Crippen LogP contribution in [0.3, 0.4) is 0 Å². The Hall–Kier alpha value is -3.27. The number of rotatable bonds is 3. The van der Waals surface area contributed by atoms with Gasteiger partial charge in [-0.15, -0.1) is 0 Å². The molecule has 146 valence electrons. The molecule has 1 aromatic carbocycles. The summed E-state index contributed by atoms with van der Waals surface area (Å²) >= 11 is 0. The van der Waals surface area contributed by atoms with E-state index in [1.807, 2.05) is 28.8 Å². The van der Waals surface area contributed by atoms with Crippen LogP contribution in [-0.4, -0.2) is 26.1 Å².